The average molecular weight is 354 g/mol. The molecule has 0 saturated carbocycles. The van der Waals surface area contributed by atoms with E-state index in [2.05, 4.69) is 4.18 Å². The van der Waals surface area contributed by atoms with Gasteiger partial charge in [0.15, 0.2) is 6.10 Å². The van der Waals surface area contributed by atoms with Gasteiger partial charge in [0.2, 0.25) is 0 Å². The molecule has 0 aliphatic carbocycles. The van der Waals surface area contributed by atoms with Gasteiger partial charge in [0, 0.05) is 0 Å². The van der Waals surface area contributed by atoms with Crippen LogP contribution in [0.15, 0.2) is 30.3 Å². The van der Waals surface area contributed by atoms with Crippen LogP contribution in [0.4, 0.5) is 13.2 Å². The lowest BCUT2D eigenvalue weighted by Gasteiger charge is -2.19. The van der Waals surface area contributed by atoms with E-state index in [0.717, 1.165) is 0 Å². The summed E-state index contributed by atoms with van der Waals surface area (Å²) in [6, 6.07) is 8.43. The molecule has 130 valence electrons. The highest BCUT2D eigenvalue weighted by Crippen LogP contribution is 2.27. The van der Waals surface area contributed by atoms with Crippen molar-refractivity contribution in [2.45, 2.75) is 38.5 Å². The molecule has 0 N–H and O–H groups in total. The normalized spacial score (nSPS) is 13.8. The molecule has 1 aromatic rings. The van der Waals surface area contributed by atoms with Crippen molar-refractivity contribution in [3.63, 3.8) is 0 Å². The molecule has 1 rings (SSSR count). The zero-order chi connectivity index (χ0) is 17.7. The van der Waals surface area contributed by atoms with Crippen molar-refractivity contribution in [2.24, 2.45) is 5.92 Å². The molecular formula is C14H17F3O5S. The minimum Gasteiger partial charge on any atom is -0.459 e. The average Bonchev–Trinajstić information content (AvgIpc) is 2.43. The number of hydrogen-bond donors (Lipinski definition) is 0. The van der Waals surface area contributed by atoms with E-state index >= 15 is 0 Å². The summed E-state index contributed by atoms with van der Waals surface area (Å²) < 4.78 is 68.2. The summed E-state index contributed by atoms with van der Waals surface area (Å²) in [7, 11) is -5.87. The van der Waals surface area contributed by atoms with Crippen LogP contribution < -0.4 is 0 Å². The Hall–Kier alpha value is -1.61. The van der Waals surface area contributed by atoms with Crippen LogP contribution in [0.3, 0.4) is 0 Å². The Labute approximate surface area is 132 Å². The van der Waals surface area contributed by atoms with E-state index in [0.29, 0.717) is 5.56 Å². The van der Waals surface area contributed by atoms with Crippen molar-refractivity contribution >= 4 is 16.1 Å². The van der Waals surface area contributed by atoms with Gasteiger partial charge in [-0.05, 0) is 17.9 Å². The van der Waals surface area contributed by atoms with Crippen LogP contribution in [-0.2, 0) is 30.4 Å². The number of halogens is 3. The zero-order valence-electron chi connectivity index (χ0n) is 12.5. The minimum atomic E-state index is -5.87. The van der Waals surface area contributed by atoms with Crippen molar-refractivity contribution in [2.75, 3.05) is 0 Å². The number of benzene rings is 1. The quantitative estimate of drug-likeness (QED) is 0.428. The van der Waals surface area contributed by atoms with Crippen molar-refractivity contribution < 1.29 is 35.3 Å². The maximum Gasteiger partial charge on any atom is 0.523 e. The van der Waals surface area contributed by atoms with Crippen LogP contribution >= 0.6 is 0 Å². The van der Waals surface area contributed by atoms with Gasteiger partial charge in [0.05, 0.1) is 0 Å². The van der Waals surface area contributed by atoms with Crippen LogP contribution in [0.1, 0.15) is 25.8 Å². The highest BCUT2D eigenvalue weighted by molar-refractivity contribution is 7.87. The van der Waals surface area contributed by atoms with Crippen molar-refractivity contribution in [3.05, 3.63) is 35.9 Å². The summed E-state index contributed by atoms with van der Waals surface area (Å²) in [5, 5.41) is 0. The first-order chi connectivity index (χ1) is 10.5. The third kappa shape index (κ3) is 6.19. The number of esters is 1. The number of carbonyl (C=O) groups is 1. The fourth-order valence-electron chi connectivity index (χ4n) is 1.63. The fraction of sp³-hybridized carbons (Fsp3) is 0.500. The smallest absolute Gasteiger partial charge is 0.459 e. The maximum absolute atomic E-state index is 12.4. The van der Waals surface area contributed by atoms with Crippen LogP contribution in [-0.4, -0.2) is 26.0 Å². The topological polar surface area (TPSA) is 69.7 Å². The summed E-state index contributed by atoms with van der Waals surface area (Å²) in [5.74, 6) is -1.43. The summed E-state index contributed by atoms with van der Waals surface area (Å²) in [5.41, 5.74) is -4.98. The molecule has 23 heavy (non-hydrogen) atoms. The van der Waals surface area contributed by atoms with Gasteiger partial charge in [-0.1, -0.05) is 44.2 Å². The molecule has 5 nitrogen and oxygen atoms in total. The van der Waals surface area contributed by atoms with Gasteiger partial charge in [0.25, 0.3) is 0 Å². The Morgan fingerprint density at radius 3 is 2.22 bits per heavy atom. The summed E-state index contributed by atoms with van der Waals surface area (Å²) in [6.07, 6.45) is -2.06. The van der Waals surface area contributed by atoms with E-state index < -0.39 is 27.7 Å². The standard InChI is InChI=1S/C14H17F3O5S/c1-10(2)8-12(22-23(19,20)14(15,16)17)13(18)21-9-11-6-4-3-5-7-11/h3-7,10,12H,8-9H2,1-2H3/t12-/m0/s1. The van der Waals surface area contributed by atoms with E-state index in [9.17, 15) is 26.4 Å². The Balaban J connectivity index is 2.79. The summed E-state index contributed by atoms with van der Waals surface area (Å²) in [6.45, 7) is 3.03. The molecule has 0 aliphatic rings. The number of rotatable bonds is 7. The van der Waals surface area contributed by atoms with E-state index in [1.165, 1.54) is 0 Å². The molecule has 1 aromatic carbocycles. The van der Waals surface area contributed by atoms with E-state index in [1.54, 1.807) is 44.2 Å². The molecule has 0 heterocycles. The second kappa shape index (κ2) is 7.78. The molecule has 0 aliphatic heterocycles. The van der Waals surface area contributed by atoms with Gasteiger partial charge in [0.1, 0.15) is 6.61 Å². The van der Waals surface area contributed by atoms with Gasteiger partial charge in [-0.15, -0.1) is 0 Å². The SMILES string of the molecule is CC(C)C[C@H](OS(=O)(=O)C(F)(F)F)C(=O)OCc1ccccc1. The van der Waals surface area contributed by atoms with Crippen molar-refractivity contribution in [1.82, 2.24) is 0 Å². The second-order valence-electron chi connectivity index (χ2n) is 5.21. The number of ether oxygens (including phenoxy) is 1. The van der Waals surface area contributed by atoms with Crippen LogP contribution in [0.5, 0.6) is 0 Å². The molecular weight excluding hydrogens is 337 g/mol. The van der Waals surface area contributed by atoms with E-state index in [1.807, 2.05) is 0 Å². The van der Waals surface area contributed by atoms with Gasteiger partial charge >= 0.3 is 21.6 Å². The molecule has 0 bridgehead atoms. The van der Waals surface area contributed by atoms with Gasteiger partial charge in [-0.3, -0.25) is 0 Å². The molecule has 0 radical (unpaired) electrons. The highest BCUT2D eigenvalue weighted by atomic mass is 32.2. The Kier molecular flexibility index (Phi) is 6.57. The predicted molar refractivity (Wildman–Crippen MR) is 75.5 cm³/mol. The molecule has 9 heteroatoms. The predicted octanol–water partition coefficient (Wildman–Crippen LogP) is 3.01. The van der Waals surface area contributed by atoms with Crippen LogP contribution in [0, 0.1) is 5.92 Å². The monoisotopic (exact) mass is 354 g/mol. The van der Waals surface area contributed by atoms with Crippen molar-refractivity contribution in [3.8, 4) is 0 Å². The first-order valence-corrected chi connectivity index (χ1v) is 8.14. The van der Waals surface area contributed by atoms with Crippen LogP contribution in [0.25, 0.3) is 0 Å². The lowest BCUT2D eigenvalue weighted by atomic mass is 10.1. The molecule has 0 fully saturated rings. The van der Waals surface area contributed by atoms with E-state index in [4.69, 9.17) is 4.74 Å². The molecule has 0 saturated heterocycles. The number of alkyl halides is 3. The first-order valence-electron chi connectivity index (χ1n) is 6.73. The molecule has 0 unspecified atom stereocenters. The minimum absolute atomic E-state index is 0.191. The molecule has 0 amide bonds. The molecule has 0 spiro atoms. The first kappa shape index (κ1) is 19.4. The van der Waals surface area contributed by atoms with Gasteiger partial charge in [-0.2, -0.15) is 21.6 Å². The zero-order valence-corrected chi connectivity index (χ0v) is 13.4. The van der Waals surface area contributed by atoms with E-state index in [-0.39, 0.29) is 18.9 Å². The molecule has 1 atom stereocenters. The second-order valence-corrected chi connectivity index (χ2v) is 6.77. The Morgan fingerprint density at radius 2 is 1.74 bits per heavy atom. The number of hydrogen-bond acceptors (Lipinski definition) is 5. The third-order valence-corrected chi connectivity index (χ3v) is 3.75. The highest BCUT2D eigenvalue weighted by Gasteiger charge is 2.49. The fourth-order valence-corrected chi connectivity index (χ4v) is 2.20. The Morgan fingerprint density at radius 1 is 1.17 bits per heavy atom. The van der Waals surface area contributed by atoms with Gasteiger partial charge in [-0.25, -0.2) is 8.98 Å². The number of carbonyl (C=O) groups excluding carboxylic acids is 1. The van der Waals surface area contributed by atoms with Gasteiger partial charge < -0.3 is 4.74 Å². The summed E-state index contributed by atoms with van der Waals surface area (Å²) in [4.78, 5) is 11.9. The lowest BCUT2D eigenvalue weighted by Crippen LogP contribution is -2.36. The lowest BCUT2D eigenvalue weighted by molar-refractivity contribution is -0.154. The van der Waals surface area contributed by atoms with Crippen LogP contribution in [0.2, 0.25) is 0 Å². The maximum atomic E-state index is 12.4. The Bertz CT molecular complexity index is 611. The molecule has 0 aromatic heterocycles. The van der Waals surface area contributed by atoms with Crippen molar-refractivity contribution in [1.29, 1.82) is 0 Å². The largest absolute Gasteiger partial charge is 0.523 e. The summed E-state index contributed by atoms with van der Waals surface area (Å²) >= 11 is 0. The third-order valence-electron chi connectivity index (χ3n) is 2.70.